The fourth-order valence-electron chi connectivity index (χ4n) is 2.13. The monoisotopic (exact) mass is 255 g/mol. The number of nitrogens with zero attached hydrogens (tertiary/aromatic N) is 2. The highest BCUT2D eigenvalue weighted by atomic mass is 32.2. The van der Waals surface area contributed by atoms with Gasteiger partial charge in [0.2, 0.25) is 0 Å². The molecule has 1 aliphatic rings. The lowest BCUT2D eigenvalue weighted by Gasteiger charge is -2.24. The van der Waals surface area contributed by atoms with Gasteiger partial charge >= 0.3 is 0 Å². The van der Waals surface area contributed by atoms with Gasteiger partial charge in [-0.3, -0.25) is 4.68 Å². The molecule has 0 aromatic carbocycles. The SMILES string of the molecule is Cc1c(C(C)NCC2(O)CCSC2)cnn1C. The molecule has 1 fully saturated rings. The van der Waals surface area contributed by atoms with Crippen LogP contribution in [0.15, 0.2) is 6.20 Å². The normalized spacial score (nSPS) is 26.4. The van der Waals surface area contributed by atoms with Crippen LogP contribution >= 0.6 is 11.8 Å². The van der Waals surface area contributed by atoms with Crippen molar-refractivity contribution in [3.8, 4) is 0 Å². The molecule has 2 atom stereocenters. The third-order valence-electron chi connectivity index (χ3n) is 3.56. The minimum atomic E-state index is -0.519. The number of thioether (sulfide) groups is 1. The molecule has 17 heavy (non-hydrogen) atoms. The smallest absolute Gasteiger partial charge is 0.0869 e. The highest BCUT2D eigenvalue weighted by Crippen LogP contribution is 2.28. The van der Waals surface area contributed by atoms with Crippen LogP contribution in [0, 0.1) is 6.92 Å². The van der Waals surface area contributed by atoms with Gasteiger partial charge in [-0.2, -0.15) is 16.9 Å². The van der Waals surface area contributed by atoms with Crippen LogP contribution in [0.2, 0.25) is 0 Å². The molecule has 1 saturated heterocycles. The van der Waals surface area contributed by atoms with E-state index in [1.807, 2.05) is 29.7 Å². The Labute approximate surface area is 107 Å². The minimum absolute atomic E-state index is 0.235. The molecule has 2 N–H and O–H groups in total. The van der Waals surface area contributed by atoms with Gasteiger partial charge in [0.1, 0.15) is 0 Å². The predicted molar refractivity (Wildman–Crippen MR) is 71.3 cm³/mol. The first-order valence-electron chi connectivity index (χ1n) is 6.04. The van der Waals surface area contributed by atoms with Gasteiger partial charge < -0.3 is 10.4 Å². The number of aromatic nitrogens is 2. The van der Waals surface area contributed by atoms with E-state index < -0.39 is 5.60 Å². The summed E-state index contributed by atoms with van der Waals surface area (Å²) in [6, 6.07) is 0.235. The van der Waals surface area contributed by atoms with Crippen molar-refractivity contribution in [2.24, 2.45) is 7.05 Å². The van der Waals surface area contributed by atoms with E-state index in [2.05, 4.69) is 24.3 Å². The van der Waals surface area contributed by atoms with E-state index in [4.69, 9.17) is 0 Å². The number of rotatable bonds is 4. The molecule has 0 saturated carbocycles. The first-order valence-corrected chi connectivity index (χ1v) is 7.19. The van der Waals surface area contributed by atoms with Crippen LogP contribution in [0.5, 0.6) is 0 Å². The number of nitrogens with one attached hydrogen (secondary N) is 1. The molecule has 2 unspecified atom stereocenters. The molecule has 0 radical (unpaired) electrons. The van der Waals surface area contributed by atoms with Gasteiger partial charge in [-0.1, -0.05) is 0 Å². The second kappa shape index (κ2) is 5.00. The third-order valence-corrected chi connectivity index (χ3v) is 4.79. The maximum atomic E-state index is 10.3. The van der Waals surface area contributed by atoms with Crippen LogP contribution in [0.25, 0.3) is 0 Å². The summed E-state index contributed by atoms with van der Waals surface area (Å²) in [6.45, 7) is 4.85. The van der Waals surface area contributed by atoms with Crippen LogP contribution in [-0.4, -0.2) is 38.5 Å². The quantitative estimate of drug-likeness (QED) is 0.850. The van der Waals surface area contributed by atoms with Gasteiger partial charge in [0, 0.05) is 36.6 Å². The van der Waals surface area contributed by atoms with Crippen molar-refractivity contribution in [2.45, 2.75) is 31.9 Å². The Hall–Kier alpha value is -0.520. The van der Waals surface area contributed by atoms with Crippen molar-refractivity contribution in [1.29, 1.82) is 0 Å². The number of aryl methyl sites for hydroxylation is 1. The molecule has 1 aromatic heterocycles. The lowest BCUT2D eigenvalue weighted by molar-refractivity contribution is 0.0651. The van der Waals surface area contributed by atoms with E-state index in [0.717, 1.165) is 17.9 Å². The van der Waals surface area contributed by atoms with Crippen LogP contribution in [0.4, 0.5) is 0 Å². The standard InChI is InChI=1S/C12H21N3OS/c1-9(11-6-14-15(3)10(11)2)13-7-12(16)4-5-17-8-12/h6,9,13,16H,4-5,7-8H2,1-3H3. The number of aliphatic hydroxyl groups is 1. The molecule has 1 aliphatic heterocycles. The first-order chi connectivity index (χ1) is 8.02. The maximum Gasteiger partial charge on any atom is 0.0869 e. The van der Waals surface area contributed by atoms with E-state index >= 15 is 0 Å². The fourth-order valence-corrected chi connectivity index (χ4v) is 3.42. The van der Waals surface area contributed by atoms with Crippen molar-refractivity contribution < 1.29 is 5.11 Å². The van der Waals surface area contributed by atoms with Gasteiger partial charge in [-0.15, -0.1) is 0 Å². The van der Waals surface area contributed by atoms with Crippen molar-refractivity contribution in [3.63, 3.8) is 0 Å². The van der Waals surface area contributed by atoms with Crippen molar-refractivity contribution in [3.05, 3.63) is 17.5 Å². The maximum absolute atomic E-state index is 10.3. The molecule has 0 aliphatic carbocycles. The van der Waals surface area contributed by atoms with Crippen molar-refractivity contribution in [2.75, 3.05) is 18.1 Å². The molecule has 1 aromatic rings. The largest absolute Gasteiger partial charge is 0.388 e. The Bertz CT molecular complexity index is 385. The Morgan fingerprint density at radius 3 is 3.00 bits per heavy atom. The van der Waals surface area contributed by atoms with Gasteiger partial charge in [-0.25, -0.2) is 0 Å². The topological polar surface area (TPSA) is 50.1 Å². The van der Waals surface area contributed by atoms with E-state index in [1.54, 1.807) is 0 Å². The summed E-state index contributed by atoms with van der Waals surface area (Å²) < 4.78 is 1.88. The minimum Gasteiger partial charge on any atom is -0.388 e. The molecule has 96 valence electrons. The highest BCUT2D eigenvalue weighted by Gasteiger charge is 2.31. The second-order valence-electron chi connectivity index (χ2n) is 4.94. The van der Waals surface area contributed by atoms with Gasteiger partial charge in [0.15, 0.2) is 0 Å². The van der Waals surface area contributed by atoms with Crippen LogP contribution < -0.4 is 5.32 Å². The molecule has 0 bridgehead atoms. The summed E-state index contributed by atoms with van der Waals surface area (Å²) in [7, 11) is 1.95. The summed E-state index contributed by atoms with van der Waals surface area (Å²) in [5.74, 6) is 1.91. The molecule has 4 nitrogen and oxygen atoms in total. The summed E-state index contributed by atoms with van der Waals surface area (Å²) in [4.78, 5) is 0. The Morgan fingerprint density at radius 2 is 2.47 bits per heavy atom. The molecule has 2 heterocycles. The summed E-state index contributed by atoms with van der Waals surface area (Å²) in [5, 5.41) is 17.9. The van der Waals surface area contributed by atoms with E-state index in [0.29, 0.717) is 6.54 Å². The third kappa shape index (κ3) is 2.84. The molecule has 0 amide bonds. The average Bonchev–Trinajstić information content (AvgIpc) is 2.86. The Kier molecular flexibility index (Phi) is 3.80. The zero-order valence-corrected chi connectivity index (χ0v) is 11.5. The van der Waals surface area contributed by atoms with Gasteiger partial charge in [0.25, 0.3) is 0 Å². The van der Waals surface area contributed by atoms with Gasteiger partial charge in [-0.05, 0) is 26.0 Å². The Balaban J connectivity index is 1.93. The summed E-state index contributed by atoms with van der Waals surface area (Å²) >= 11 is 1.83. The van der Waals surface area contributed by atoms with Crippen LogP contribution in [-0.2, 0) is 7.05 Å². The van der Waals surface area contributed by atoms with Crippen LogP contribution in [0.3, 0.4) is 0 Å². The highest BCUT2D eigenvalue weighted by molar-refractivity contribution is 7.99. The zero-order valence-electron chi connectivity index (χ0n) is 10.7. The predicted octanol–water partition coefficient (Wildman–Crippen LogP) is 1.25. The zero-order chi connectivity index (χ0) is 12.5. The lowest BCUT2D eigenvalue weighted by Crippen LogP contribution is -2.41. The summed E-state index contributed by atoms with van der Waals surface area (Å²) in [5.41, 5.74) is 1.87. The first kappa shape index (κ1) is 12.9. The molecular weight excluding hydrogens is 234 g/mol. The molecule has 0 spiro atoms. The molecular formula is C12H21N3OS. The van der Waals surface area contributed by atoms with Crippen molar-refractivity contribution >= 4 is 11.8 Å². The number of hydrogen-bond donors (Lipinski definition) is 2. The van der Waals surface area contributed by atoms with E-state index in [-0.39, 0.29) is 6.04 Å². The lowest BCUT2D eigenvalue weighted by atomic mass is 10.0. The Morgan fingerprint density at radius 1 is 1.71 bits per heavy atom. The average molecular weight is 255 g/mol. The van der Waals surface area contributed by atoms with E-state index in [9.17, 15) is 5.11 Å². The fraction of sp³-hybridized carbons (Fsp3) is 0.750. The van der Waals surface area contributed by atoms with E-state index in [1.165, 1.54) is 11.3 Å². The van der Waals surface area contributed by atoms with Gasteiger partial charge in [0.05, 0.1) is 11.8 Å². The molecule has 2 rings (SSSR count). The van der Waals surface area contributed by atoms with Crippen LogP contribution in [0.1, 0.15) is 30.6 Å². The number of hydrogen-bond acceptors (Lipinski definition) is 4. The molecule has 5 heteroatoms. The second-order valence-corrected chi connectivity index (χ2v) is 6.04. The van der Waals surface area contributed by atoms with Crippen molar-refractivity contribution in [1.82, 2.24) is 15.1 Å². The summed E-state index contributed by atoms with van der Waals surface area (Å²) in [6.07, 6.45) is 2.80.